The number of hydrogen-bond acceptors (Lipinski definition) is 4. The summed E-state index contributed by atoms with van der Waals surface area (Å²) >= 11 is 0. The van der Waals surface area contributed by atoms with E-state index in [2.05, 4.69) is 29.1 Å². The van der Waals surface area contributed by atoms with Crippen molar-refractivity contribution in [1.29, 1.82) is 0 Å². The van der Waals surface area contributed by atoms with Crippen LogP contribution >= 0.6 is 0 Å². The number of nitrogens with zero attached hydrogens (tertiary/aromatic N) is 2. The van der Waals surface area contributed by atoms with E-state index in [-0.39, 0.29) is 0 Å². The number of aromatic nitrogens is 2. The predicted molar refractivity (Wildman–Crippen MR) is 64.3 cm³/mol. The van der Waals surface area contributed by atoms with Gasteiger partial charge < -0.3 is 10.1 Å². The summed E-state index contributed by atoms with van der Waals surface area (Å²) in [5, 5.41) is 3.35. The quantitative estimate of drug-likeness (QED) is 0.793. The average Bonchev–Trinajstić information content (AvgIpc) is 2.23. The molecule has 0 aromatic carbocycles. The normalized spacial score (nSPS) is 11.1. The van der Waals surface area contributed by atoms with Crippen LogP contribution in [0.15, 0.2) is 6.07 Å². The minimum atomic E-state index is 0.470. The largest absolute Gasteiger partial charge is 0.384 e. The number of aryl methyl sites for hydroxylation is 1. The molecule has 0 amide bonds. The minimum absolute atomic E-state index is 0.470. The Morgan fingerprint density at radius 1 is 1.38 bits per heavy atom. The van der Waals surface area contributed by atoms with E-state index in [1.807, 2.05) is 13.0 Å². The van der Waals surface area contributed by atoms with Gasteiger partial charge in [-0.3, -0.25) is 0 Å². The van der Waals surface area contributed by atoms with Crippen LogP contribution in [0.4, 0.5) is 0 Å². The molecule has 0 aliphatic heterocycles. The van der Waals surface area contributed by atoms with Gasteiger partial charge in [-0.1, -0.05) is 13.8 Å². The third-order valence-electron chi connectivity index (χ3n) is 2.17. The maximum absolute atomic E-state index is 5.03. The topological polar surface area (TPSA) is 47.0 Å². The third kappa shape index (κ3) is 4.68. The van der Waals surface area contributed by atoms with Gasteiger partial charge in [0.05, 0.1) is 12.3 Å². The number of hydrogen-bond donors (Lipinski definition) is 1. The van der Waals surface area contributed by atoms with Crippen LogP contribution in [0.5, 0.6) is 0 Å². The van der Waals surface area contributed by atoms with Gasteiger partial charge in [0.2, 0.25) is 0 Å². The first kappa shape index (κ1) is 13.1. The average molecular weight is 223 g/mol. The molecule has 0 spiro atoms. The van der Waals surface area contributed by atoms with Crippen LogP contribution in [0.3, 0.4) is 0 Å². The first-order valence-corrected chi connectivity index (χ1v) is 5.67. The molecular weight excluding hydrogens is 202 g/mol. The molecule has 1 heterocycles. The van der Waals surface area contributed by atoms with Gasteiger partial charge >= 0.3 is 0 Å². The number of nitrogens with one attached hydrogen (secondary N) is 1. The lowest BCUT2D eigenvalue weighted by Crippen LogP contribution is -2.23. The zero-order chi connectivity index (χ0) is 12.0. The maximum atomic E-state index is 5.03. The smallest absolute Gasteiger partial charge is 0.131 e. The van der Waals surface area contributed by atoms with Crippen LogP contribution < -0.4 is 5.32 Å². The molecule has 1 aromatic heterocycles. The highest BCUT2D eigenvalue weighted by Gasteiger charge is 2.03. The van der Waals surface area contributed by atoms with Gasteiger partial charge in [-0.25, -0.2) is 9.97 Å². The molecule has 4 heteroatoms. The van der Waals surface area contributed by atoms with Crippen LogP contribution in [-0.2, 0) is 17.7 Å². The lowest BCUT2D eigenvalue weighted by Gasteiger charge is -2.09. The standard InChI is InChI=1S/C12H21N3O/c1-9(2)13-8-11-7-10(3)14-12(15-11)5-6-16-4/h7,9,13H,5-6,8H2,1-4H3. The molecule has 0 bridgehead atoms. The lowest BCUT2D eigenvalue weighted by atomic mass is 10.3. The van der Waals surface area contributed by atoms with Crippen LogP contribution in [0.2, 0.25) is 0 Å². The van der Waals surface area contributed by atoms with Gasteiger partial charge in [-0.15, -0.1) is 0 Å². The highest BCUT2D eigenvalue weighted by atomic mass is 16.5. The predicted octanol–water partition coefficient (Wildman–Crippen LogP) is 1.47. The van der Waals surface area contributed by atoms with E-state index in [4.69, 9.17) is 4.74 Å². The van der Waals surface area contributed by atoms with Crippen LogP contribution in [0, 0.1) is 6.92 Å². The highest BCUT2D eigenvalue weighted by Crippen LogP contribution is 2.02. The van der Waals surface area contributed by atoms with Gasteiger partial charge in [-0.05, 0) is 13.0 Å². The Kier molecular flexibility index (Phi) is 5.35. The van der Waals surface area contributed by atoms with Crippen LogP contribution in [0.1, 0.15) is 31.1 Å². The molecular formula is C12H21N3O. The Bertz CT molecular complexity index is 326. The van der Waals surface area contributed by atoms with E-state index in [0.717, 1.165) is 30.2 Å². The summed E-state index contributed by atoms with van der Waals surface area (Å²) in [4.78, 5) is 8.87. The van der Waals surface area contributed by atoms with Crippen molar-refractivity contribution in [2.45, 2.75) is 39.8 Å². The Morgan fingerprint density at radius 3 is 2.75 bits per heavy atom. The van der Waals surface area contributed by atoms with Gasteiger partial charge in [0.1, 0.15) is 5.82 Å². The molecule has 0 saturated heterocycles. The molecule has 0 unspecified atom stereocenters. The second-order valence-electron chi connectivity index (χ2n) is 4.20. The van der Waals surface area contributed by atoms with Crippen LogP contribution in [0.25, 0.3) is 0 Å². The summed E-state index contributed by atoms with van der Waals surface area (Å²) in [7, 11) is 1.69. The van der Waals surface area contributed by atoms with Crippen molar-refractivity contribution in [2.75, 3.05) is 13.7 Å². The monoisotopic (exact) mass is 223 g/mol. The molecule has 0 radical (unpaired) electrons. The fraction of sp³-hybridized carbons (Fsp3) is 0.667. The van der Waals surface area contributed by atoms with Crippen molar-refractivity contribution in [1.82, 2.24) is 15.3 Å². The summed E-state index contributed by atoms with van der Waals surface area (Å²) in [6.45, 7) is 7.71. The zero-order valence-electron chi connectivity index (χ0n) is 10.6. The summed E-state index contributed by atoms with van der Waals surface area (Å²) in [5.74, 6) is 0.863. The molecule has 1 rings (SSSR count). The molecule has 0 fully saturated rings. The Morgan fingerprint density at radius 2 is 2.12 bits per heavy atom. The molecule has 16 heavy (non-hydrogen) atoms. The second kappa shape index (κ2) is 6.55. The molecule has 90 valence electrons. The summed E-state index contributed by atoms with van der Waals surface area (Å²) in [6, 6.07) is 2.49. The van der Waals surface area contributed by atoms with E-state index in [9.17, 15) is 0 Å². The molecule has 0 aliphatic carbocycles. The van der Waals surface area contributed by atoms with Crippen LogP contribution in [-0.4, -0.2) is 29.7 Å². The van der Waals surface area contributed by atoms with Gasteiger partial charge in [0.15, 0.2) is 0 Å². The summed E-state index contributed by atoms with van der Waals surface area (Å²) < 4.78 is 5.03. The summed E-state index contributed by atoms with van der Waals surface area (Å²) in [6.07, 6.45) is 0.771. The lowest BCUT2D eigenvalue weighted by molar-refractivity contribution is 0.200. The van der Waals surface area contributed by atoms with Crippen molar-refractivity contribution in [3.8, 4) is 0 Å². The number of rotatable bonds is 6. The molecule has 1 aromatic rings. The van der Waals surface area contributed by atoms with E-state index in [0.29, 0.717) is 12.6 Å². The van der Waals surface area contributed by atoms with E-state index in [1.165, 1.54) is 0 Å². The zero-order valence-corrected chi connectivity index (χ0v) is 10.6. The molecule has 0 aliphatic rings. The van der Waals surface area contributed by atoms with Crippen molar-refractivity contribution < 1.29 is 4.74 Å². The van der Waals surface area contributed by atoms with Gasteiger partial charge in [-0.2, -0.15) is 0 Å². The van der Waals surface area contributed by atoms with Gasteiger partial charge in [0, 0.05) is 31.8 Å². The summed E-state index contributed by atoms with van der Waals surface area (Å²) in [5.41, 5.74) is 2.06. The molecule has 0 saturated carbocycles. The molecule has 1 N–H and O–H groups in total. The van der Waals surface area contributed by atoms with E-state index >= 15 is 0 Å². The van der Waals surface area contributed by atoms with Crippen molar-refractivity contribution in [3.05, 3.63) is 23.3 Å². The fourth-order valence-corrected chi connectivity index (χ4v) is 1.40. The van der Waals surface area contributed by atoms with Crippen molar-refractivity contribution in [2.24, 2.45) is 0 Å². The fourth-order valence-electron chi connectivity index (χ4n) is 1.40. The van der Waals surface area contributed by atoms with Crippen molar-refractivity contribution >= 4 is 0 Å². The van der Waals surface area contributed by atoms with E-state index in [1.54, 1.807) is 7.11 Å². The second-order valence-corrected chi connectivity index (χ2v) is 4.20. The van der Waals surface area contributed by atoms with Crippen molar-refractivity contribution in [3.63, 3.8) is 0 Å². The Hall–Kier alpha value is -1.00. The Balaban J connectivity index is 2.65. The number of ether oxygens (including phenoxy) is 1. The third-order valence-corrected chi connectivity index (χ3v) is 2.17. The first-order chi connectivity index (χ1) is 7.61. The number of methoxy groups -OCH3 is 1. The Labute approximate surface area is 97.5 Å². The molecule has 4 nitrogen and oxygen atoms in total. The highest BCUT2D eigenvalue weighted by molar-refractivity contribution is 5.10. The molecule has 0 atom stereocenters. The van der Waals surface area contributed by atoms with Gasteiger partial charge in [0.25, 0.3) is 0 Å². The minimum Gasteiger partial charge on any atom is -0.384 e. The maximum Gasteiger partial charge on any atom is 0.131 e. The van der Waals surface area contributed by atoms with E-state index < -0.39 is 0 Å². The first-order valence-electron chi connectivity index (χ1n) is 5.67. The SMILES string of the molecule is COCCc1nc(C)cc(CNC(C)C)n1.